The molecule has 1 aromatic heterocycles. The number of hydrogen-bond acceptors (Lipinski definition) is 4. The van der Waals surface area contributed by atoms with Gasteiger partial charge in [-0.1, -0.05) is 60.1 Å². The lowest BCUT2D eigenvalue weighted by atomic mass is 9.94. The minimum absolute atomic E-state index is 0.206. The summed E-state index contributed by atoms with van der Waals surface area (Å²) in [6, 6.07) is 25.5. The molecule has 1 aliphatic heterocycles. The molecule has 0 amide bonds. The zero-order valence-corrected chi connectivity index (χ0v) is 20.5. The number of nitrogens with one attached hydrogen (secondary N) is 1. The number of rotatable bonds is 6. The Morgan fingerprint density at radius 1 is 0.971 bits per heavy atom. The van der Waals surface area contributed by atoms with Crippen LogP contribution < -0.4 is 9.62 Å². The maximum absolute atomic E-state index is 13.4. The van der Waals surface area contributed by atoms with E-state index in [2.05, 4.69) is 33.9 Å². The number of sulfonamides is 1. The zero-order valence-electron chi connectivity index (χ0n) is 18.1. The van der Waals surface area contributed by atoms with E-state index in [4.69, 9.17) is 11.6 Å². The molecule has 0 saturated carbocycles. The summed E-state index contributed by atoms with van der Waals surface area (Å²) >= 11 is 7.01. The first-order valence-electron chi connectivity index (χ1n) is 10.8. The summed E-state index contributed by atoms with van der Waals surface area (Å²) < 4.78 is 42.9. The van der Waals surface area contributed by atoms with Gasteiger partial charge in [0.15, 0.2) is 0 Å². The second kappa shape index (κ2) is 9.50. The number of hydrogen-bond donors (Lipinski definition) is 1. The Labute approximate surface area is 207 Å². The molecule has 1 N–H and O–H groups in total. The molecule has 0 aliphatic carbocycles. The molecule has 0 radical (unpaired) electrons. The Balaban J connectivity index is 1.48. The zero-order chi connectivity index (χ0) is 23.7. The molecule has 0 bridgehead atoms. The molecule has 1 unspecified atom stereocenters. The summed E-state index contributed by atoms with van der Waals surface area (Å²) in [6.07, 6.45) is 0.550. The molecular weight excluding hydrogens is 491 g/mol. The van der Waals surface area contributed by atoms with E-state index < -0.39 is 10.0 Å². The topological polar surface area (TPSA) is 49.4 Å². The van der Waals surface area contributed by atoms with Crippen LogP contribution in [0, 0.1) is 5.82 Å². The van der Waals surface area contributed by atoms with Crippen LogP contribution in [0.3, 0.4) is 0 Å². The minimum Gasteiger partial charge on any atom is -0.365 e. The van der Waals surface area contributed by atoms with Gasteiger partial charge in [-0.15, -0.1) is 11.3 Å². The van der Waals surface area contributed by atoms with Crippen molar-refractivity contribution in [3.8, 4) is 11.1 Å². The van der Waals surface area contributed by atoms with Crippen molar-refractivity contribution < 1.29 is 12.8 Å². The van der Waals surface area contributed by atoms with Crippen molar-refractivity contribution in [1.82, 2.24) is 4.72 Å². The number of benzene rings is 3. The van der Waals surface area contributed by atoms with Crippen LogP contribution in [-0.4, -0.2) is 21.0 Å². The SMILES string of the molecule is O=S(=O)(NC1Cc2cc(-c3ccc(F)cc3)ccc2N(Cc2ccccc2)C1)c1ccc(Cl)s1. The average molecular weight is 513 g/mol. The first kappa shape index (κ1) is 23.1. The fourth-order valence-electron chi connectivity index (χ4n) is 4.33. The van der Waals surface area contributed by atoms with Crippen molar-refractivity contribution in [1.29, 1.82) is 0 Å². The van der Waals surface area contributed by atoms with Crippen LogP contribution in [0.1, 0.15) is 11.1 Å². The summed E-state index contributed by atoms with van der Waals surface area (Å²) in [5.74, 6) is -0.279. The largest absolute Gasteiger partial charge is 0.365 e. The highest BCUT2D eigenvalue weighted by Gasteiger charge is 2.29. The van der Waals surface area contributed by atoms with E-state index in [-0.39, 0.29) is 16.1 Å². The highest BCUT2D eigenvalue weighted by atomic mass is 35.5. The van der Waals surface area contributed by atoms with Crippen molar-refractivity contribution >= 4 is 38.6 Å². The highest BCUT2D eigenvalue weighted by Crippen LogP contribution is 2.34. The highest BCUT2D eigenvalue weighted by molar-refractivity contribution is 7.91. The van der Waals surface area contributed by atoms with E-state index in [9.17, 15) is 12.8 Å². The van der Waals surface area contributed by atoms with Gasteiger partial charge >= 0.3 is 0 Å². The van der Waals surface area contributed by atoms with Crippen molar-refractivity contribution in [3.63, 3.8) is 0 Å². The normalized spacial score (nSPS) is 15.8. The fraction of sp³-hybridized carbons (Fsp3) is 0.154. The molecule has 5 rings (SSSR count). The summed E-state index contributed by atoms with van der Waals surface area (Å²) in [6.45, 7) is 1.20. The van der Waals surface area contributed by atoms with Crippen molar-refractivity contribution in [2.45, 2.75) is 23.2 Å². The van der Waals surface area contributed by atoms with Crippen LogP contribution in [0.25, 0.3) is 11.1 Å². The monoisotopic (exact) mass is 512 g/mol. The molecule has 3 aromatic carbocycles. The predicted molar refractivity (Wildman–Crippen MR) is 136 cm³/mol. The molecule has 1 atom stereocenters. The standard InChI is InChI=1S/C26H22ClFN2O2S2/c27-25-12-13-26(33-25)34(31,32)29-23-15-21-14-20(19-6-9-22(28)10-7-19)8-11-24(21)30(17-23)16-18-4-2-1-3-5-18/h1-14,23,29H,15-17H2. The van der Waals surface area contributed by atoms with Gasteiger partial charge in [-0.3, -0.25) is 0 Å². The van der Waals surface area contributed by atoms with Crippen molar-refractivity contribution in [2.75, 3.05) is 11.4 Å². The smallest absolute Gasteiger partial charge is 0.250 e. The number of nitrogens with zero attached hydrogens (tertiary/aromatic N) is 1. The molecular formula is C26H22ClFN2O2S2. The molecule has 4 nitrogen and oxygen atoms in total. The Morgan fingerprint density at radius 2 is 1.71 bits per heavy atom. The maximum atomic E-state index is 13.4. The number of fused-ring (bicyclic) bond motifs is 1. The molecule has 174 valence electrons. The summed E-state index contributed by atoms with van der Waals surface area (Å²) in [5.41, 5.74) is 5.14. The quantitative estimate of drug-likeness (QED) is 0.339. The molecule has 8 heteroatoms. The first-order chi connectivity index (χ1) is 16.4. The van der Waals surface area contributed by atoms with E-state index in [1.54, 1.807) is 18.2 Å². The van der Waals surface area contributed by atoms with Crippen LogP contribution in [0.4, 0.5) is 10.1 Å². The number of halogens is 2. The third-order valence-corrected chi connectivity index (χ3v) is 9.10. The third-order valence-electron chi connectivity index (χ3n) is 5.86. The van der Waals surface area contributed by atoms with Crippen molar-refractivity contribution in [2.24, 2.45) is 0 Å². The van der Waals surface area contributed by atoms with Gasteiger partial charge in [-0.2, -0.15) is 0 Å². The van der Waals surface area contributed by atoms with Gasteiger partial charge in [0.25, 0.3) is 0 Å². The van der Waals surface area contributed by atoms with Crippen LogP contribution >= 0.6 is 22.9 Å². The van der Waals surface area contributed by atoms with E-state index in [0.717, 1.165) is 39.3 Å². The van der Waals surface area contributed by atoms with E-state index in [1.165, 1.54) is 18.2 Å². The predicted octanol–water partition coefficient (Wildman–Crippen LogP) is 6.12. The van der Waals surface area contributed by atoms with Gasteiger partial charge < -0.3 is 4.90 Å². The van der Waals surface area contributed by atoms with E-state index in [1.807, 2.05) is 24.3 Å². The van der Waals surface area contributed by atoms with Gasteiger partial charge in [-0.05, 0) is 65.1 Å². The summed E-state index contributed by atoms with van der Waals surface area (Å²) in [7, 11) is -3.69. The Morgan fingerprint density at radius 3 is 2.41 bits per heavy atom. The van der Waals surface area contributed by atoms with Gasteiger partial charge in [0.1, 0.15) is 10.0 Å². The Kier molecular flexibility index (Phi) is 6.44. The van der Waals surface area contributed by atoms with Gasteiger partial charge in [0.05, 0.1) is 4.34 Å². The maximum Gasteiger partial charge on any atom is 0.250 e. The molecule has 4 aromatic rings. The average Bonchev–Trinajstić information content (AvgIpc) is 3.27. The van der Waals surface area contributed by atoms with Crippen LogP contribution in [-0.2, 0) is 23.0 Å². The molecule has 34 heavy (non-hydrogen) atoms. The Hall–Kier alpha value is -2.71. The minimum atomic E-state index is -3.69. The molecule has 0 saturated heterocycles. The van der Waals surface area contributed by atoms with Crippen LogP contribution in [0.5, 0.6) is 0 Å². The summed E-state index contributed by atoms with van der Waals surface area (Å²) in [4.78, 5) is 2.21. The van der Waals surface area contributed by atoms with E-state index >= 15 is 0 Å². The number of anilines is 1. The van der Waals surface area contributed by atoms with Crippen molar-refractivity contribution in [3.05, 3.63) is 106 Å². The first-order valence-corrected chi connectivity index (χ1v) is 13.5. The third kappa shape index (κ3) is 5.03. The van der Waals surface area contributed by atoms with Gasteiger partial charge in [-0.25, -0.2) is 17.5 Å². The second-order valence-electron chi connectivity index (χ2n) is 8.30. The molecule has 2 heterocycles. The Bertz CT molecular complexity index is 1410. The van der Waals surface area contributed by atoms with Gasteiger partial charge in [0, 0.05) is 24.8 Å². The summed E-state index contributed by atoms with van der Waals surface area (Å²) in [5, 5.41) is 0. The van der Waals surface area contributed by atoms with Crippen LogP contribution in [0.15, 0.2) is 89.1 Å². The lowest BCUT2D eigenvalue weighted by Gasteiger charge is -2.36. The lowest BCUT2D eigenvalue weighted by molar-refractivity contribution is 0.526. The second-order valence-corrected chi connectivity index (χ2v) is 12.0. The van der Waals surface area contributed by atoms with E-state index in [0.29, 0.717) is 23.8 Å². The molecule has 0 spiro atoms. The van der Waals surface area contributed by atoms with Crippen LogP contribution in [0.2, 0.25) is 4.34 Å². The molecule has 1 aliphatic rings. The molecule has 0 fully saturated rings. The lowest BCUT2D eigenvalue weighted by Crippen LogP contribution is -2.47. The fourth-order valence-corrected chi connectivity index (χ4v) is 7.05. The number of thiophene rings is 1. The van der Waals surface area contributed by atoms with Gasteiger partial charge in [0.2, 0.25) is 10.0 Å².